The molecule has 5 rings (SSSR count). The zero-order valence-electron chi connectivity index (χ0n) is 21.4. The fourth-order valence-electron chi connectivity index (χ4n) is 4.98. The molecule has 1 aromatic heterocycles. The fraction of sp³-hybridized carbons (Fsp3) is 0.300. The zero-order chi connectivity index (χ0) is 27.2. The molecule has 1 saturated heterocycles. The molecule has 1 atom stereocenters. The van der Waals surface area contributed by atoms with Crippen LogP contribution in [-0.4, -0.2) is 71.9 Å². The van der Waals surface area contributed by atoms with Gasteiger partial charge in [0.05, 0.1) is 5.52 Å². The average Bonchev–Trinajstić information content (AvgIpc) is 3.38. The van der Waals surface area contributed by atoms with E-state index >= 15 is 0 Å². The van der Waals surface area contributed by atoms with Gasteiger partial charge in [0.2, 0.25) is 0 Å². The van der Waals surface area contributed by atoms with Crippen LogP contribution in [0.2, 0.25) is 0 Å². The molecule has 1 unspecified atom stereocenters. The minimum atomic E-state index is -2.84. The second kappa shape index (κ2) is 12.3. The molecule has 202 valence electrons. The van der Waals surface area contributed by atoms with Crippen LogP contribution in [0.1, 0.15) is 11.3 Å². The lowest BCUT2D eigenvalue weighted by Gasteiger charge is -2.35. The molecular formula is C30H30F2N4O3. The summed E-state index contributed by atoms with van der Waals surface area (Å²) in [5.41, 5.74) is 4.48. The second-order valence-corrected chi connectivity index (χ2v) is 9.61. The van der Waals surface area contributed by atoms with Crippen LogP contribution >= 0.6 is 0 Å². The van der Waals surface area contributed by atoms with Crippen molar-refractivity contribution < 1.29 is 23.4 Å². The molecule has 2 heterocycles. The highest BCUT2D eigenvalue weighted by Crippen LogP contribution is 2.28. The van der Waals surface area contributed by atoms with Crippen LogP contribution in [0, 0.1) is 11.3 Å². The van der Waals surface area contributed by atoms with Crippen molar-refractivity contribution in [2.24, 2.45) is 0 Å². The molecular weight excluding hydrogens is 502 g/mol. The van der Waals surface area contributed by atoms with Crippen LogP contribution in [0.3, 0.4) is 0 Å². The van der Waals surface area contributed by atoms with E-state index in [9.17, 15) is 13.9 Å². The third kappa shape index (κ3) is 6.73. The highest BCUT2D eigenvalue weighted by molar-refractivity contribution is 5.87. The van der Waals surface area contributed by atoms with Crippen LogP contribution in [0.15, 0.2) is 72.8 Å². The minimum Gasteiger partial charge on any atom is -0.490 e. The number of ether oxygens (including phenoxy) is 2. The first kappa shape index (κ1) is 26.6. The summed E-state index contributed by atoms with van der Waals surface area (Å²) in [5.74, 6) is 0.786. The summed E-state index contributed by atoms with van der Waals surface area (Å²) in [6.45, 7) is 2.01. The molecule has 0 amide bonds. The number of alkyl halides is 2. The van der Waals surface area contributed by atoms with Gasteiger partial charge in [0.15, 0.2) is 0 Å². The summed E-state index contributed by atoms with van der Waals surface area (Å²) in [6.07, 6.45) is -0.640. The van der Waals surface area contributed by atoms with E-state index in [1.165, 1.54) is 5.56 Å². The Kier molecular flexibility index (Phi) is 8.37. The van der Waals surface area contributed by atoms with E-state index < -0.39 is 12.7 Å². The van der Waals surface area contributed by atoms with E-state index in [2.05, 4.69) is 31.7 Å². The van der Waals surface area contributed by atoms with Crippen molar-refractivity contribution >= 4 is 10.9 Å². The van der Waals surface area contributed by atoms with Gasteiger partial charge in [-0.2, -0.15) is 14.0 Å². The van der Waals surface area contributed by atoms with Crippen LogP contribution in [0.5, 0.6) is 11.5 Å². The fourth-order valence-corrected chi connectivity index (χ4v) is 4.98. The number of aromatic amines is 1. The highest BCUT2D eigenvalue weighted by Gasteiger charge is 2.21. The first-order valence-electron chi connectivity index (χ1n) is 12.9. The SMILES string of the molecule is N#Cc1cc2c(OCC(O)CN3CCN(Cc4ccccc4-c4ccc(OC(F)F)cc4)CC3)cccc2[nH]1. The minimum absolute atomic E-state index is 0.143. The number of aliphatic hydroxyl groups excluding tert-OH is 1. The molecule has 0 bridgehead atoms. The number of β-amino-alcohol motifs (C(OH)–C–C–N with tert-alkyl or cyclic N) is 1. The number of rotatable bonds is 10. The molecule has 4 aromatic rings. The van der Waals surface area contributed by atoms with Gasteiger partial charge in [0, 0.05) is 44.7 Å². The van der Waals surface area contributed by atoms with Crippen LogP contribution in [-0.2, 0) is 6.54 Å². The van der Waals surface area contributed by atoms with Gasteiger partial charge in [-0.25, -0.2) is 0 Å². The third-order valence-corrected chi connectivity index (χ3v) is 6.91. The lowest BCUT2D eigenvalue weighted by atomic mass is 9.99. The standard InChI is InChI=1S/C30H30F2N4O3/c31-30(32)39-25-10-8-21(9-11-25)26-5-2-1-4-22(26)18-35-12-14-36(15-13-35)19-24(37)20-38-29-7-3-6-28-27(29)16-23(17-33)34-28/h1-11,16,24,30,34,37H,12-15,18-20H2. The number of aliphatic hydroxyl groups is 1. The van der Waals surface area contributed by atoms with Crippen molar-refractivity contribution in [1.82, 2.24) is 14.8 Å². The third-order valence-electron chi connectivity index (χ3n) is 6.91. The molecule has 1 aliphatic heterocycles. The quantitative estimate of drug-likeness (QED) is 0.303. The number of hydrogen-bond donors (Lipinski definition) is 2. The van der Waals surface area contributed by atoms with E-state index in [0.717, 1.165) is 54.8 Å². The number of fused-ring (bicyclic) bond motifs is 1. The van der Waals surface area contributed by atoms with E-state index in [1.54, 1.807) is 30.3 Å². The van der Waals surface area contributed by atoms with Crippen molar-refractivity contribution in [3.05, 3.63) is 84.1 Å². The Hall–Kier alpha value is -3.97. The molecule has 0 aliphatic carbocycles. The summed E-state index contributed by atoms with van der Waals surface area (Å²) in [5, 5.41) is 20.6. The topological polar surface area (TPSA) is 84.8 Å². The Morgan fingerprint density at radius 2 is 1.69 bits per heavy atom. The number of aromatic nitrogens is 1. The highest BCUT2D eigenvalue weighted by atomic mass is 19.3. The first-order valence-corrected chi connectivity index (χ1v) is 12.9. The summed E-state index contributed by atoms with van der Waals surface area (Å²) < 4.78 is 35.3. The smallest absolute Gasteiger partial charge is 0.387 e. The van der Waals surface area contributed by atoms with E-state index in [4.69, 9.17) is 10.00 Å². The van der Waals surface area contributed by atoms with Crippen molar-refractivity contribution in [1.29, 1.82) is 5.26 Å². The lowest BCUT2D eigenvalue weighted by molar-refractivity contribution is -0.0498. The van der Waals surface area contributed by atoms with Crippen molar-refractivity contribution in [3.63, 3.8) is 0 Å². The summed E-state index contributed by atoms with van der Waals surface area (Å²) in [7, 11) is 0. The lowest BCUT2D eigenvalue weighted by Crippen LogP contribution is -2.48. The number of hydrogen-bond acceptors (Lipinski definition) is 6. The number of nitrogens with zero attached hydrogens (tertiary/aromatic N) is 3. The molecule has 2 N–H and O–H groups in total. The Balaban J connectivity index is 1.12. The molecule has 0 saturated carbocycles. The molecule has 7 nitrogen and oxygen atoms in total. The summed E-state index contributed by atoms with van der Waals surface area (Å²) >= 11 is 0. The van der Waals surface area contributed by atoms with Gasteiger partial charge in [0.25, 0.3) is 0 Å². The zero-order valence-corrected chi connectivity index (χ0v) is 21.4. The van der Waals surface area contributed by atoms with E-state index in [0.29, 0.717) is 18.0 Å². The van der Waals surface area contributed by atoms with Gasteiger partial charge >= 0.3 is 6.61 Å². The van der Waals surface area contributed by atoms with Gasteiger partial charge in [-0.15, -0.1) is 0 Å². The van der Waals surface area contributed by atoms with Crippen molar-refractivity contribution in [2.45, 2.75) is 19.3 Å². The first-order chi connectivity index (χ1) is 19.0. The number of H-pyrrole nitrogens is 1. The van der Waals surface area contributed by atoms with Crippen LogP contribution < -0.4 is 9.47 Å². The summed E-state index contributed by atoms with van der Waals surface area (Å²) in [6, 6.07) is 24.3. The molecule has 3 aromatic carbocycles. The van der Waals surface area contributed by atoms with Crippen molar-refractivity contribution in [3.8, 4) is 28.7 Å². The second-order valence-electron chi connectivity index (χ2n) is 9.61. The Labute approximate surface area is 225 Å². The van der Waals surface area contributed by atoms with Gasteiger partial charge < -0.3 is 19.6 Å². The Morgan fingerprint density at radius 3 is 2.44 bits per heavy atom. The van der Waals surface area contributed by atoms with Crippen LogP contribution in [0.25, 0.3) is 22.0 Å². The number of benzene rings is 3. The molecule has 0 radical (unpaired) electrons. The maximum atomic E-state index is 12.5. The number of piperazine rings is 1. The molecule has 9 heteroatoms. The average molecular weight is 533 g/mol. The van der Waals surface area contributed by atoms with E-state index in [1.807, 2.05) is 36.4 Å². The maximum absolute atomic E-state index is 12.5. The number of halogens is 2. The Bertz CT molecular complexity index is 1430. The predicted molar refractivity (Wildman–Crippen MR) is 145 cm³/mol. The van der Waals surface area contributed by atoms with Gasteiger partial charge in [-0.3, -0.25) is 9.80 Å². The number of nitrogens with one attached hydrogen (secondary N) is 1. The largest absolute Gasteiger partial charge is 0.490 e. The molecule has 1 aliphatic rings. The molecule has 39 heavy (non-hydrogen) atoms. The van der Waals surface area contributed by atoms with Gasteiger partial charge in [0.1, 0.15) is 36.0 Å². The molecule has 0 spiro atoms. The van der Waals surface area contributed by atoms with E-state index in [-0.39, 0.29) is 12.4 Å². The maximum Gasteiger partial charge on any atom is 0.387 e. The summed E-state index contributed by atoms with van der Waals surface area (Å²) in [4.78, 5) is 7.65. The molecule has 1 fully saturated rings. The van der Waals surface area contributed by atoms with Gasteiger partial charge in [-0.1, -0.05) is 42.5 Å². The number of nitriles is 1. The normalized spacial score (nSPS) is 15.4. The van der Waals surface area contributed by atoms with Crippen molar-refractivity contribution in [2.75, 3.05) is 39.3 Å². The van der Waals surface area contributed by atoms with Gasteiger partial charge in [-0.05, 0) is 47.0 Å². The van der Waals surface area contributed by atoms with Crippen LogP contribution in [0.4, 0.5) is 8.78 Å². The Morgan fingerprint density at radius 1 is 0.949 bits per heavy atom. The predicted octanol–water partition coefficient (Wildman–Crippen LogP) is 4.87. The monoisotopic (exact) mass is 532 g/mol.